The monoisotopic (exact) mass is 402 g/mol. The van der Waals surface area contributed by atoms with Gasteiger partial charge in [0.25, 0.3) is 0 Å². The fraction of sp³-hybridized carbons (Fsp3) is 0.250. The first kappa shape index (κ1) is 19.6. The van der Waals surface area contributed by atoms with E-state index >= 15 is 0 Å². The highest BCUT2D eigenvalue weighted by Crippen LogP contribution is 2.41. The third-order valence-corrected chi connectivity index (χ3v) is 5.44. The number of hydrogen-bond donors (Lipinski definition) is 0. The van der Waals surface area contributed by atoms with E-state index in [0.29, 0.717) is 12.5 Å². The van der Waals surface area contributed by atoms with Crippen LogP contribution in [-0.2, 0) is 19.0 Å². The van der Waals surface area contributed by atoms with Crippen molar-refractivity contribution in [1.29, 1.82) is 0 Å². The Labute approximate surface area is 166 Å². The number of aryl methyl sites for hydroxylation is 1. The molecule has 0 saturated carbocycles. The molecule has 150 valence electrons. The topological polar surface area (TPSA) is 0 Å². The largest absolute Gasteiger partial charge is 0.419 e. The number of halogens is 5. The van der Waals surface area contributed by atoms with Crippen LogP contribution in [0.1, 0.15) is 42.0 Å². The Balaban J connectivity index is 1.70. The van der Waals surface area contributed by atoms with E-state index in [-0.39, 0.29) is 11.1 Å². The number of unbranched alkanes of at least 4 members (excludes halogenated alkanes) is 1. The van der Waals surface area contributed by atoms with E-state index in [4.69, 9.17) is 0 Å². The molecule has 3 aromatic carbocycles. The molecule has 0 radical (unpaired) electrons. The molecular formula is C24H19F5. The van der Waals surface area contributed by atoms with Gasteiger partial charge in [-0.05, 0) is 76.9 Å². The normalized spacial score (nSPS) is 12.8. The number of fused-ring (bicyclic) bond motifs is 3. The second kappa shape index (κ2) is 7.29. The van der Waals surface area contributed by atoms with E-state index in [9.17, 15) is 22.0 Å². The Morgan fingerprint density at radius 3 is 2.24 bits per heavy atom. The molecule has 1 aliphatic carbocycles. The van der Waals surface area contributed by atoms with Crippen molar-refractivity contribution >= 4 is 0 Å². The van der Waals surface area contributed by atoms with Gasteiger partial charge in [-0.2, -0.15) is 13.2 Å². The van der Waals surface area contributed by atoms with Gasteiger partial charge in [-0.3, -0.25) is 0 Å². The minimum absolute atomic E-state index is 0.0930. The third kappa shape index (κ3) is 3.66. The van der Waals surface area contributed by atoms with Crippen molar-refractivity contribution in [1.82, 2.24) is 0 Å². The van der Waals surface area contributed by atoms with Crippen LogP contribution in [0.3, 0.4) is 0 Å². The molecule has 0 atom stereocenters. The highest BCUT2D eigenvalue weighted by molar-refractivity contribution is 5.81. The van der Waals surface area contributed by atoms with Gasteiger partial charge in [0.2, 0.25) is 0 Å². The van der Waals surface area contributed by atoms with Gasteiger partial charge in [0, 0.05) is 5.56 Å². The molecule has 1 aliphatic rings. The van der Waals surface area contributed by atoms with E-state index in [2.05, 4.69) is 19.1 Å². The maximum Gasteiger partial charge on any atom is 0.419 e. The van der Waals surface area contributed by atoms with Crippen LogP contribution in [0, 0.1) is 11.6 Å². The van der Waals surface area contributed by atoms with Crippen LogP contribution in [0.4, 0.5) is 22.0 Å². The van der Waals surface area contributed by atoms with Crippen molar-refractivity contribution in [3.63, 3.8) is 0 Å². The maximum absolute atomic E-state index is 14.8. The lowest BCUT2D eigenvalue weighted by Crippen LogP contribution is -2.08. The first-order chi connectivity index (χ1) is 13.8. The lowest BCUT2D eigenvalue weighted by molar-refractivity contribution is -0.139. The van der Waals surface area contributed by atoms with Crippen LogP contribution >= 0.6 is 0 Å². The molecule has 0 fully saturated rings. The lowest BCUT2D eigenvalue weighted by atomic mass is 9.97. The predicted octanol–water partition coefficient (Wildman–Crippen LogP) is 7.56. The van der Waals surface area contributed by atoms with Crippen LogP contribution < -0.4 is 0 Å². The van der Waals surface area contributed by atoms with Crippen LogP contribution in [0.2, 0.25) is 0 Å². The van der Waals surface area contributed by atoms with Gasteiger partial charge < -0.3 is 0 Å². The molecule has 29 heavy (non-hydrogen) atoms. The van der Waals surface area contributed by atoms with E-state index in [1.807, 2.05) is 6.07 Å². The molecule has 0 unspecified atom stereocenters. The number of benzene rings is 3. The molecule has 0 saturated heterocycles. The second-order valence-corrected chi connectivity index (χ2v) is 7.45. The van der Waals surface area contributed by atoms with Crippen LogP contribution in [0.25, 0.3) is 22.3 Å². The standard InChI is InChI=1S/C24H19F5/c1-2-3-4-14-5-7-18-16(9-14)10-17-11-20(22(25)13-19(17)18)15-6-8-21(23(26)12-15)24(27,28)29/h5-9,11-13H,2-4,10H2,1H3. The second-order valence-electron chi connectivity index (χ2n) is 7.45. The fourth-order valence-electron chi connectivity index (χ4n) is 3.95. The van der Waals surface area contributed by atoms with Crippen molar-refractivity contribution in [3.05, 3.63) is 82.4 Å². The van der Waals surface area contributed by atoms with Gasteiger partial charge in [0.1, 0.15) is 11.6 Å². The molecule has 4 rings (SSSR count). The zero-order chi connectivity index (χ0) is 20.8. The average molecular weight is 402 g/mol. The Morgan fingerprint density at radius 2 is 1.55 bits per heavy atom. The Kier molecular flexibility index (Phi) is 4.93. The molecule has 0 aliphatic heterocycles. The molecule has 5 heteroatoms. The highest BCUT2D eigenvalue weighted by Gasteiger charge is 2.34. The summed E-state index contributed by atoms with van der Waals surface area (Å²) in [6.07, 6.45) is -0.957. The maximum atomic E-state index is 14.8. The van der Waals surface area contributed by atoms with Gasteiger partial charge in [0.15, 0.2) is 0 Å². The molecule has 3 aromatic rings. The molecule has 0 N–H and O–H groups in total. The zero-order valence-corrected chi connectivity index (χ0v) is 15.8. The van der Waals surface area contributed by atoms with Crippen LogP contribution in [0.5, 0.6) is 0 Å². The quantitative estimate of drug-likeness (QED) is 0.309. The average Bonchev–Trinajstić information content (AvgIpc) is 3.01. The fourth-order valence-corrected chi connectivity index (χ4v) is 3.95. The van der Waals surface area contributed by atoms with Crippen LogP contribution in [-0.4, -0.2) is 0 Å². The smallest absolute Gasteiger partial charge is 0.206 e. The van der Waals surface area contributed by atoms with Crippen molar-refractivity contribution in [2.45, 2.75) is 38.8 Å². The summed E-state index contributed by atoms with van der Waals surface area (Å²) in [7, 11) is 0. The van der Waals surface area contributed by atoms with Gasteiger partial charge in [-0.15, -0.1) is 0 Å². The minimum atomic E-state index is -4.78. The highest BCUT2D eigenvalue weighted by atomic mass is 19.4. The summed E-state index contributed by atoms with van der Waals surface area (Å²) >= 11 is 0. The molecule has 0 spiro atoms. The summed E-state index contributed by atoms with van der Waals surface area (Å²) in [5, 5.41) is 0. The third-order valence-electron chi connectivity index (χ3n) is 5.44. The number of hydrogen-bond acceptors (Lipinski definition) is 0. The minimum Gasteiger partial charge on any atom is -0.206 e. The summed E-state index contributed by atoms with van der Waals surface area (Å²) in [5.41, 5.74) is 3.86. The summed E-state index contributed by atoms with van der Waals surface area (Å²) in [6.45, 7) is 2.14. The van der Waals surface area contributed by atoms with Crippen LogP contribution in [0.15, 0.2) is 48.5 Å². The van der Waals surface area contributed by atoms with E-state index in [1.54, 1.807) is 6.07 Å². The van der Waals surface area contributed by atoms with Crippen molar-refractivity contribution in [2.24, 2.45) is 0 Å². The SMILES string of the molecule is CCCCc1ccc2c(c1)Cc1cc(-c3ccc(C(F)(F)F)c(F)c3)c(F)cc1-2. The Morgan fingerprint density at radius 1 is 0.793 bits per heavy atom. The first-order valence-electron chi connectivity index (χ1n) is 9.59. The van der Waals surface area contributed by atoms with E-state index < -0.39 is 23.4 Å². The predicted molar refractivity (Wildman–Crippen MR) is 104 cm³/mol. The van der Waals surface area contributed by atoms with Gasteiger partial charge >= 0.3 is 6.18 Å². The Bertz CT molecular complexity index is 1080. The molecule has 0 nitrogen and oxygen atoms in total. The molecule has 0 heterocycles. The zero-order valence-electron chi connectivity index (χ0n) is 15.8. The van der Waals surface area contributed by atoms with Gasteiger partial charge in [0.05, 0.1) is 5.56 Å². The molecule has 0 bridgehead atoms. The number of alkyl halides is 3. The van der Waals surface area contributed by atoms with E-state index in [0.717, 1.165) is 53.6 Å². The van der Waals surface area contributed by atoms with Gasteiger partial charge in [-0.25, -0.2) is 8.78 Å². The summed E-state index contributed by atoms with van der Waals surface area (Å²) in [6, 6.07) is 11.7. The van der Waals surface area contributed by atoms with E-state index in [1.165, 1.54) is 11.6 Å². The van der Waals surface area contributed by atoms with Crippen molar-refractivity contribution in [2.75, 3.05) is 0 Å². The van der Waals surface area contributed by atoms with Crippen molar-refractivity contribution in [3.8, 4) is 22.3 Å². The summed E-state index contributed by atoms with van der Waals surface area (Å²) in [5.74, 6) is -1.98. The summed E-state index contributed by atoms with van der Waals surface area (Å²) in [4.78, 5) is 0. The lowest BCUT2D eigenvalue weighted by Gasteiger charge is -2.11. The van der Waals surface area contributed by atoms with Crippen molar-refractivity contribution < 1.29 is 22.0 Å². The summed E-state index contributed by atoms with van der Waals surface area (Å²) < 4.78 is 67.1. The first-order valence-corrected chi connectivity index (χ1v) is 9.59. The van der Waals surface area contributed by atoms with Gasteiger partial charge in [-0.1, -0.05) is 37.6 Å². The Hall–Kier alpha value is -2.69. The molecule has 0 amide bonds. The molecule has 0 aromatic heterocycles. The number of rotatable bonds is 4. The molecular weight excluding hydrogens is 383 g/mol.